The second-order valence-corrected chi connectivity index (χ2v) is 3.83. The molecule has 0 bridgehead atoms. The molecule has 2 aliphatic heterocycles. The molecule has 0 aromatic rings. The quantitative estimate of drug-likeness (QED) is 0.546. The van der Waals surface area contributed by atoms with E-state index in [2.05, 4.69) is 0 Å². The maximum absolute atomic E-state index is 11.6. The van der Waals surface area contributed by atoms with Crippen LogP contribution in [0, 0.1) is 0 Å². The summed E-state index contributed by atoms with van der Waals surface area (Å²) in [6.07, 6.45) is 2.05. The highest BCUT2D eigenvalue weighted by Gasteiger charge is 2.35. The number of amides is 2. The smallest absolute Gasteiger partial charge is 0.320 e. The van der Waals surface area contributed by atoms with Crippen molar-refractivity contribution in [1.82, 2.24) is 9.80 Å². The third kappa shape index (κ3) is 1.41. The molecule has 72 valence electrons. The molecule has 4 heteroatoms. The molecule has 2 rings (SSSR count). The van der Waals surface area contributed by atoms with Gasteiger partial charge in [0.15, 0.2) is 0 Å². The third-order valence-corrected chi connectivity index (χ3v) is 2.91. The summed E-state index contributed by atoms with van der Waals surface area (Å²) >= 11 is 0. The molecular weight excluding hydrogens is 168 g/mol. The fraction of sp³-hybridized carbons (Fsp3) is 0.778. The Labute approximate surface area is 77.5 Å². The van der Waals surface area contributed by atoms with Gasteiger partial charge in [-0.1, -0.05) is 0 Å². The second-order valence-electron chi connectivity index (χ2n) is 3.83. The van der Waals surface area contributed by atoms with Crippen LogP contribution in [0.2, 0.25) is 0 Å². The minimum Gasteiger partial charge on any atom is -0.328 e. The molecule has 2 saturated heterocycles. The zero-order valence-corrected chi connectivity index (χ0v) is 7.82. The average molecular weight is 182 g/mol. The van der Waals surface area contributed by atoms with Gasteiger partial charge in [-0.15, -0.1) is 0 Å². The molecule has 0 aliphatic carbocycles. The van der Waals surface area contributed by atoms with Crippen LogP contribution in [-0.4, -0.2) is 47.8 Å². The van der Waals surface area contributed by atoms with Crippen LogP contribution in [0.15, 0.2) is 0 Å². The lowest BCUT2D eigenvalue weighted by Crippen LogP contribution is -2.56. The first-order chi connectivity index (χ1) is 6.18. The molecule has 0 aromatic carbocycles. The molecule has 0 saturated carbocycles. The lowest BCUT2D eigenvalue weighted by Gasteiger charge is -2.42. The minimum absolute atomic E-state index is 0.0868. The summed E-state index contributed by atoms with van der Waals surface area (Å²) < 4.78 is 0. The van der Waals surface area contributed by atoms with E-state index in [1.165, 1.54) is 0 Å². The summed E-state index contributed by atoms with van der Waals surface area (Å²) in [5.41, 5.74) is 0. The molecule has 2 aliphatic rings. The van der Waals surface area contributed by atoms with Gasteiger partial charge in [0, 0.05) is 39.0 Å². The number of carbonyl (C=O) groups is 2. The van der Waals surface area contributed by atoms with Crippen LogP contribution in [0.4, 0.5) is 4.79 Å². The highest BCUT2D eigenvalue weighted by molar-refractivity contribution is 5.84. The maximum Gasteiger partial charge on any atom is 0.320 e. The Morgan fingerprint density at radius 2 is 2.08 bits per heavy atom. The Kier molecular flexibility index (Phi) is 1.98. The number of rotatable bonds is 0. The van der Waals surface area contributed by atoms with Crippen molar-refractivity contribution in [3.63, 3.8) is 0 Å². The standard InChI is InChI=1S/C9H14N2O2/c1-10-4-2-7-6-8(12)3-5-11(7)9(10)13/h7H,2-6H2,1H3. The van der Waals surface area contributed by atoms with Gasteiger partial charge in [0.05, 0.1) is 0 Å². The molecule has 0 spiro atoms. The van der Waals surface area contributed by atoms with Crippen LogP contribution < -0.4 is 0 Å². The number of hydrogen-bond donors (Lipinski definition) is 0. The number of hydrogen-bond acceptors (Lipinski definition) is 2. The summed E-state index contributed by atoms with van der Waals surface area (Å²) in [4.78, 5) is 26.3. The number of nitrogens with zero attached hydrogens (tertiary/aromatic N) is 2. The van der Waals surface area contributed by atoms with Gasteiger partial charge in [-0.25, -0.2) is 4.79 Å². The number of Topliss-reactive ketones (excluding diaryl/α,β-unsaturated/α-hetero) is 1. The van der Waals surface area contributed by atoms with E-state index in [9.17, 15) is 9.59 Å². The molecule has 0 radical (unpaired) electrons. The molecule has 13 heavy (non-hydrogen) atoms. The van der Waals surface area contributed by atoms with E-state index in [1.54, 1.807) is 4.90 Å². The van der Waals surface area contributed by atoms with Crippen LogP contribution in [0.5, 0.6) is 0 Å². The number of piperidine rings is 1. The van der Waals surface area contributed by atoms with Gasteiger partial charge >= 0.3 is 6.03 Å². The summed E-state index contributed by atoms with van der Waals surface area (Å²) in [5.74, 6) is 0.304. The van der Waals surface area contributed by atoms with E-state index in [4.69, 9.17) is 0 Å². The van der Waals surface area contributed by atoms with Crippen molar-refractivity contribution in [2.24, 2.45) is 0 Å². The molecule has 0 N–H and O–H groups in total. The van der Waals surface area contributed by atoms with E-state index >= 15 is 0 Å². The molecule has 4 nitrogen and oxygen atoms in total. The molecule has 2 amide bonds. The third-order valence-electron chi connectivity index (χ3n) is 2.91. The van der Waals surface area contributed by atoms with Gasteiger partial charge in [-0.3, -0.25) is 4.79 Å². The molecule has 0 aromatic heterocycles. The molecule has 2 fully saturated rings. The zero-order valence-electron chi connectivity index (χ0n) is 7.82. The fourth-order valence-electron chi connectivity index (χ4n) is 2.07. The number of ketones is 1. The van der Waals surface area contributed by atoms with E-state index in [0.717, 1.165) is 13.0 Å². The summed E-state index contributed by atoms with van der Waals surface area (Å²) in [7, 11) is 1.81. The van der Waals surface area contributed by atoms with Crippen molar-refractivity contribution in [2.75, 3.05) is 20.1 Å². The average Bonchev–Trinajstić information content (AvgIpc) is 2.12. The zero-order chi connectivity index (χ0) is 9.42. The molecule has 2 heterocycles. The van der Waals surface area contributed by atoms with E-state index in [0.29, 0.717) is 25.2 Å². The van der Waals surface area contributed by atoms with E-state index in [1.807, 2.05) is 11.9 Å². The van der Waals surface area contributed by atoms with Gasteiger partial charge in [0.25, 0.3) is 0 Å². The maximum atomic E-state index is 11.6. The first-order valence-electron chi connectivity index (χ1n) is 4.72. The Bertz CT molecular complexity index is 252. The molecular formula is C9H14N2O2. The predicted molar refractivity (Wildman–Crippen MR) is 47.4 cm³/mol. The first-order valence-corrected chi connectivity index (χ1v) is 4.72. The van der Waals surface area contributed by atoms with Crippen molar-refractivity contribution in [3.05, 3.63) is 0 Å². The van der Waals surface area contributed by atoms with Crippen molar-refractivity contribution < 1.29 is 9.59 Å². The second kappa shape index (κ2) is 3.01. The molecule has 1 unspecified atom stereocenters. The Morgan fingerprint density at radius 1 is 1.31 bits per heavy atom. The topological polar surface area (TPSA) is 40.6 Å². The van der Waals surface area contributed by atoms with Crippen LogP contribution in [0.25, 0.3) is 0 Å². The number of urea groups is 1. The Morgan fingerprint density at radius 3 is 2.85 bits per heavy atom. The highest BCUT2D eigenvalue weighted by atomic mass is 16.2. The van der Waals surface area contributed by atoms with Crippen LogP contribution in [0.1, 0.15) is 19.3 Å². The normalized spacial score (nSPS) is 29.2. The van der Waals surface area contributed by atoms with Gasteiger partial charge in [-0.2, -0.15) is 0 Å². The lowest BCUT2D eigenvalue weighted by molar-refractivity contribution is -0.122. The van der Waals surface area contributed by atoms with Gasteiger partial charge in [0.1, 0.15) is 5.78 Å². The first kappa shape index (κ1) is 8.53. The summed E-state index contributed by atoms with van der Waals surface area (Å²) in [5, 5.41) is 0. The predicted octanol–water partition coefficient (Wildman–Crippen LogP) is 0.475. The van der Waals surface area contributed by atoms with Crippen LogP contribution >= 0.6 is 0 Å². The van der Waals surface area contributed by atoms with Crippen molar-refractivity contribution >= 4 is 11.8 Å². The molecule has 1 atom stereocenters. The van der Waals surface area contributed by atoms with Crippen LogP contribution in [0.3, 0.4) is 0 Å². The van der Waals surface area contributed by atoms with Gasteiger partial charge in [0.2, 0.25) is 0 Å². The lowest BCUT2D eigenvalue weighted by atomic mass is 9.97. The highest BCUT2D eigenvalue weighted by Crippen LogP contribution is 2.22. The Balaban J connectivity index is 2.11. The van der Waals surface area contributed by atoms with Gasteiger partial charge in [-0.05, 0) is 6.42 Å². The van der Waals surface area contributed by atoms with Crippen LogP contribution in [-0.2, 0) is 4.79 Å². The monoisotopic (exact) mass is 182 g/mol. The largest absolute Gasteiger partial charge is 0.328 e. The van der Waals surface area contributed by atoms with Crippen molar-refractivity contribution in [2.45, 2.75) is 25.3 Å². The van der Waals surface area contributed by atoms with E-state index < -0.39 is 0 Å². The summed E-state index contributed by atoms with van der Waals surface area (Å²) in [6.45, 7) is 1.40. The minimum atomic E-state index is 0.0868. The fourth-order valence-corrected chi connectivity index (χ4v) is 2.07. The van der Waals surface area contributed by atoms with Gasteiger partial charge < -0.3 is 9.80 Å². The summed E-state index contributed by atoms with van der Waals surface area (Å²) in [6, 6.07) is 0.272. The Hall–Kier alpha value is -1.06. The number of carbonyl (C=O) groups excluding carboxylic acids is 2. The van der Waals surface area contributed by atoms with Crippen molar-refractivity contribution in [1.29, 1.82) is 0 Å². The van der Waals surface area contributed by atoms with E-state index in [-0.39, 0.29) is 12.1 Å². The number of fused-ring (bicyclic) bond motifs is 1. The SMILES string of the molecule is CN1CCC2CC(=O)CCN2C1=O. The van der Waals surface area contributed by atoms with Crippen molar-refractivity contribution in [3.8, 4) is 0 Å².